The second kappa shape index (κ2) is 6.73. The number of carboxylic acids is 1. The average Bonchev–Trinajstić information content (AvgIpc) is 2.50. The smallest absolute Gasteiger partial charge is 0.345 e. The molecule has 0 unspecified atom stereocenters. The van der Waals surface area contributed by atoms with Crippen molar-refractivity contribution in [2.24, 2.45) is 0 Å². The van der Waals surface area contributed by atoms with Crippen LogP contribution in [-0.4, -0.2) is 17.0 Å². The van der Waals surface area contributed by atoms with E-state index >= 15 is 0 Å². The Morgan fingerprint density at radius 1 is 1.04 bits per heavy atom. The van der Waals surface area contributed by atoms with E-state index in [0.717, 1.165) is 18.2 Å². The number of nitrogens with two attached hydrogens (primary N) is 2. The Kier molecular flexibility index (Phi) is 5.09. The summed E-state index contributed by atoms with van der Waals surface area (Å²) in [7, 11) is 0. The number of halogens is 4. The minimum absolute atomic E-state index is 0.0578. The van der Waals surface area contributed by atoms with E-state index in [1.165, 1.54) is 0 Å². The zero-order valence-corrected chi connectivity index (χ0v) is 14.7. The predicted molar refractivity (Wildman–Crippen MR) is 88.9 cm³/mol. The SMILES string of the molecule is Nc1cc(F)c(Br)cc1C(=O)Oc1c(N)c(C(=O)O)cc(Br)c1F. The number of carboxylic acid groups (broad SMARTS) is 1. The normalized spacial score (nSPS) is 10.5. The van der Waals surface area contributed by atoms with Gasteiger partial charge in [-0.25, -0.2) is 18.4 Å². The highest BCUT2D eigenvalue weighted by Crippen LogP contribution is 2.35. The maximum atomic E-state index is 14.1. The molecule has 0 aliphatic carbocycles. The van der Waals surface area contributed by atoms with E-state index < -0.39 is 40.6 Å². The number of anilines is 2. The zero-order valence-electron chi connectivity index (χ0n) is 11.6. The van der Waals surface area contributed by atoms with Crippen molar-refractivity contribution in [2.75, 3.05) is 11.5 Å². The van der Waals surface area contributed by atoms with Crippen LogP contribution in [0.2, 0.25) is 0 Å². The summed E-state index contributed by atoms with van der Waals surface area (Å²) in [6, 6.07) is 2.87. The van der Waals surface area contributed by atoms with Gasteiger partial charge in [0.2, 0.25) is 0 Å². The van der Waals surface area contributed by atoms with Crippen LogP contribution in [0, 0.1) is 11.6 Å². The molecule has 0 saturated heterocycles. The van der Waals surface area contributed by atoms with Gasteiger partial charge >= 0.3 is 11.9 Å². The van der Waals surface area contributed by atoms with Crippen molar-refractivity contribution in [2.45, 2.75) is 0 Å². The second-order valence-corrected chi connectivity index (χ2v) is 6.22. The number of aromatic carboxylic acids is 1. The first-order chi connectivity index (χ1) is 11.1. The molecule has 0 radical (unpaired) electrons. The first-order valence-corrected chi connectivity index (χ1v) is 7.69. The highest BCUT2D eigenvalue weighted by atomic mass is 79.9. The van der Waals surface area contributed by atoms with E-state index in [0.29, 0.717) is 0 Å². The molecule has 2 aromatic rings. The largest absolute Gasteiger partial charge is 0.478 e. The van der Waals surface area contributed by atoms with Gasteiger partial charge in [0.1, 0.15) is 5.82 Å². The van der Waals surface area contributed by atoms with Crippen LogP contribution in [0.25, 0.3) is 0 Å². The molecule has 2 aromatic carbocycles. The highest BCUT2D eigenvalue weighted by molar-refractivity contribution is 9.10. The van der Waals surface area contributed by atoms with Crippen molar-refractivity contribution < 1.29 is 28.2 Å². The van der Waals surface area contributed by atoms with E-state index in [1.54, 1.807) is 0 Å². The highest BCUT2D eigenvalue weighted by Gasteiger charge is 2.24. The minimum Gasteiger partial charge on any atom is -0.478 e. The Hall–Kier alpha value is -2.20. The van der Waals surface area contributed by atoms with E-state index in [2.05, 4.69) is 31.9 Å². The Balaban J connectivity index is 2.50. The van der Waals surface area contributed by atoms with Crippen molar-refractivity contribution in [1.29, 1.82) is 0 Å². The van der Waals surface area contributed by atoms with E-state index in [4.69, 9.17) is 21.3 Å². The molecule has 5 N–H and O–H groups in total. The number of rotatable bonds is 3. The molecule has 0 bridgehead atoms. The van der Waals surface area contributed by atoms with Gasteiger partial charge in [-0.15, -0.1) is 0 Å². The van der Waals surface area contributed by atoms with Gasteiger partial charge in [-0.3, -0.25) is 0 Å². The predicted octanol–water partition coefficient (Wildman–Crippen LogP) is 3.57. The molecule has 0 fully saturated rings. The fraction of sp³-hybridized carbons (Fsp3) is 0. The lowest BCUT2D eigenvalue weighted by atomic mass is 10.1. The average molecular weight is 466 g/mol. The number of ether oxygens (including phenoxy) is 1. The minimum atomic E-state index is -1.44. The van der Waals surface area contributed by atoms with Crippen LogP contribution in [0.4, 0.5) is 20.2 Å². The maximum Gasteiger partial charge on any atom is 0.345 e. The first kappa shape index (κ1) is 18.1. The van der Waals surface area contributed by atoms with Gasteiger partial charge in [-0.05, 0) is 50.1 Å². The lowest BCUT2D eigenvalue weighted by Crippen LogP contribution is -2.15. The molecule has 126 valence electrons. The summed E-state index contributed by atoms with van der Waals surface area (Å²) >= 11 is 5.70. The quantitative estimate of drug-likeness (QED) is 0.362. The Bertz CT molecular complexity index is 875. The summed E-state index contributed by atoms with van der Waals surface area (Å²) in [4.78, 5) is 23.3. The molecule has 2 rings (SSSR count). The standard InChI is InChI=1S/C14H8Br2F2N2O4/c15-6-1-4(9(19)3-8(6)17)14(23)24-12-10(18)7(16)2-5(11(12)20)13(21)22/h1-3H,19-20H2,(H,21,22). The van der Waals surface area contributed by atoms with Crippen molar-refractivity contribution >= 4 is 55.2 Å². The van der Waals surface area contributed by atoms with Crippen LogP contribution in [0.1, 0.15) is 20.7 Å². The number of carbonyl (C=O) groups excluding carboxylic acids is 1. The number of carbonyl (C=O) groups is 2. The van der Waals surface area contributed by atoms with Crippen LogP contribution in [0.15, 0.2) is 27.1 Å². The van der Waals surface area contributed by atoms with E-state index in [9.17, 15) is 18.4 Å². The molecular formula is C14H8Br2F2N2O4. The monoisotopic (exact) mass is 464 g/mol. The molecule has 0 amide bonds. The number of nitrogen functional groups attached to an aromatic ring is 2. The third-order valence-electron chi connectivity index (χ3n) is 2.95. The molecule has 0 atom stereocenters. The fourth-order valence-corrected chi connectivity index (χ4v) is 2.53. The van der Waals surface area contributed by atoms with Crippen LogP contribution in [0.3, 0.4) is 0 Å². The lowest BCUT2D eigenvalue weighted by Gasteiger charge is -2.13. The van der Waals surface area contributed by atoms with Gasteiger partial charge in [0.05, 0.1) is 25.8 Å². The van der Waals surface area contributed by atoms with Crippen LogP contribution < -0.4 is 16.2 Å². The first-order valence-electron chi connectivity index (χ1n) is 6.11. The Labute approximate surface area is 150 Å². The third-order valence-corrected chi connectivity index (χ3v) is 4.14. The van der Waals surface area contributed by atoms with Crippen molar-refractivity contribution in [3.8, 4) is 5.75 Å². The van der Waals surface area contributed by atoms with Crippen molar-refractivity contribution in [3.63, 3.8) is 0 Å². The lowest BCUT2D eigenvalue weighted by molar-refractivity contribution is 0.0687. The van der Waals surface area contributed by atoms with Gasteiger partial charge in [-0.1, -0.05) is 0 Å². The zero-order chi connectivity index (χ0) is 18.2. The molecule has 0 saturated carbocycles. The van der Waals surface area contributed by atoms with Crippen molar-refractivity contribution in [3.05, 3.63) is 49.9 Å². The Morgan fingerprint density at radius 2 is 1.62 bits per heavy atom. The van der Waals surface area contributed by atoms with E-state index in [-0.39, 0.29) is 20.2 Å². The van der Waals surface area contributed by atoms with Crippen LogP contribution >= 0.6 is 31.9 Å². The molecular weight excluding hydrogens is 458 g/mol. The number of hydrogen-bond acceptors (Lipinski definition) is 5. The Morgan fingerprint density at radius 3 is 2.21 bits per heavy atom. The fourth-order valence-electron chi connectivity index (χ4n) is 1.78. The van der Waals surface area contributed by atoms with Crippen LogP contribution in [-0.2, 0) is 0 Å². The summed E-state index contributed by atoms with van der Waals surface area (Å²) in [6.45, 7) is 0. The van der Waals surface area contributed by atoms with Gasteiger partial charge in [-0.2, -0.15) is 0 Å². The number of benzene rings is 2. The summed E-state index contributed by atoms with van der Waals surface area (Å²) in [5, 5.41) is 9.04. The molecule has 0 spiro atoms. The molecule has 0 aliphatic heterocycles. The van der Waals surface area contributed by atoms with Gasteiger partial charge in [0.25, 0.3) is 0 Å². The molecule has 0 aromatic heterocycles. The summed E-state index contributed by atoms with van der Waals surface area (Å²) in [5.41, 5.74) is 9.57. The molecule has 6 nitrogen and oxygen atoms in total. The number of esters is 1. The second-order valence-electron chi connectivity index (χ2n) is 4.51. The van der Waals surface area contributed by atoms with E-state index in [1.807, 2.05) is 0 Å². The van der Waals surface area contributed by atoms with Crippen LogP contribution in [0.5, 0.6) is 5.75 Å². The van der Waals surface area contributed by atoms with Crippen molar-refractivity contribution in [1.82, 2.24) is 0 Å². The molecule has 24 heavy (non-hydrogen) atoms. The molecule has 0 heterocycles. The third kappa shape index (κ3) is 3.34. The summed E-state index contributed by atoms with van der Waals surface area (Å²) in [5.74, 6) is -5.11. The topological polar surface area (TPSA) is 116 Å². The van der Waals surface area contributed by atoms with Gasteiger partial charge in [0, 0.05) is 5.69 Å². The summed E-state index contributed by atoms with van der Waals surface area (Å²) < 4.78 is 32.0. The number of hydrogen-bond donors (Lipinski definition) is 3. The van der Waals surface area contributed by atoms with Gasteiger partial charge in [0.15, 0.2) is 11.6 Å². The maximum absolute atomic E-state index is 14.1. The summed E-state index contributed by atoms with van der Waals surface area (Å²) in [6.07, 6.45) is 0. The molecule has 0 aliphatic rings. The van der Waals surface area contributed by atoms with Gasteiger partial charge < -0.3 is 21.3 Å². The molecule has 10 heteroatoms.